The van der Waals surface area contributed by atoms with Crippen LogP contribution in [0.4, 0.5) is 8.78 Å². The Morgan fingerprint density at radius 2 is 2.07 bits per heavy atom. The van der Waals surface area contributed by atoms with Crippen LogP contribution >= 0.6 is 0 Å². The SMILES string of the molecule is Fc1ccc([C@@H]2CCCCN2)c(F)c1. The average molecular weight is 197 g/mol. The smallest absolute Gasteiger partial charge is 0.130 e. The number of piperidine rings is 1. The van der Waals surface area contributed by atoms with Gasteiger partial charge in [-0.05, 0) is 25.5 Å². The first-order valence-electron chi connectivity index (χ1n) is 4.96. The molecule has 2 rings (SSSR count). The molecule has 0 aliphatic carbocycles. The van der Waals surface area contributed by atoms with Gasteiger partial charge in [0.2, 0.25) is 0 Å². The van der Waals surface area contributed by atoms with Crippen molar-refractivity contribution in [1.29, 1.82) is 0 Å². The quantitative estimate of drug-likeness (QED) is 0.730. The Morgan fingerprint density at radius 1 is 1.21 bits per heavy atom. The van der Waals surface area contributed by atoms with Crippen molar-refractivity contribution < 1.29 is 8.78 Å². The maximum Gasteiger partial charge on any atom is 0.130 e. The topological polar surface area (TPSA) is 12.0 Å². The molecule has 0 spiro atoms. The van der Waals surface area contributed by atoms with Gasteiger partial charge in [0.1, 0.15) is 11.6 Å². The number of rotatable bonds is 1. The molecule has 0 radical (unpaired) electrons. The summed E-state index contributed by atoms with van der Waals surface area (Å²) in [6.45, 7) is 0.918. The van der Waals surface area contributed by atoms with Crippen LogP contribution in [0.3, 0.4) is 0 Å². The summed E-state index contributed by atoms with van der Waals surface area (Å²) in [6, 6.07) is 3.86. The summed E-state index contributed by atoms with van der Waals surface area (Å²) in [5.74, 6) is -0.952. The van der Waals surface area contributed by atoms with Gasteiger partial charge < -0.3 is 5.32 Å². The Labute approximate surface area is 82.1 Å². The van der Waals surface area contributed by atoms with Gasteiger partial charge >= 0.3 is 0 Å². The first kappa shape index (κ1) is 9.59. The van der Waals surface area contributed by atoms with Crippen molar-refractivity contribution >= 4 is 0 Å². The Hall–Kier alpha value is -0.960. The zero-order valence-electron chi connectivity index (χ0n) is 7.89. The maximum absolute atomic E-state index is 13.4. The molecule has 1 aromatic rings. The zero-order chi connectivity index (χ0) is 9.97. The van der Waals surface area contributed by atoms with E-state index in [-0.39, 0.29) is 6.04 Å². The predicted octanol–water partition coefficient (Wildman–Crippen LogP) is 2.78. The lowest BCUT2D eigenvalue weighted by molar-refractivity contribution is 0.398. The highest BCUT2D eigenvalue weighted by atomic mass is 19.1. The van der Waals surface area contributed by atoms with Crippen LogP contribution in [0.15, 0.2) is 18.2 Å². The van der Waals surface area contributed by atoms with Crippen LogP contribution in [-0.4, -0.2) is 6.54 Å². The summed E-state index contributed by atoms with van der Waals surface area (Å²) in [5, 5.41) is 3.23. The van der Waals surface area contributed by atoms with Gasteiger partial charge in [-0.2, -0.15) is 0 Å². The van der Waals surface area contributed by atoms with Crippen molar-refractivity contribution in [2.75, 3.05) is 6.54 Å². The van der Waals surface area contributed by atoms with Crippen LogP contribution < -0.4 is 5.32 Å². The van der Waals surface area contributed by atoms with Gasteiger partial charge in [0.15, 0.2) is 0 Å². The molecule has 1 atom stereocenters. The largest absolute Gasteiger partial charge is 0.310 e. The normalized spacial score (nSPS) is 22.3. The van der Waals surface area contributed by atoms with Gasteiger partial charge in [0.25, 0.3) is 0 Å². The van der Waals surface area contributed by atoms with Crippen molar-refractivity contribution in [3.05, 3.63) is 35.4 Å². The fourth-order valence-electron chi connectivity index (χ4n) is 1.90. The molecule has 14 heavy (non-hydrogen) atoms. The monoisotopic (exact) mass is 197 g/mol. The molecule has 1 nitrogen and oxygen atoms in total. The second kappa shape index (κ2) is 4.05. The number of halogens is 2. The summed E-state index contributed by atoms with van der Waals surface area (Å²) >= 11 is 0. The molecule has 0 bridgehead atoms. The summed E-state index contributed by atoms with van der Waals surface area (Å²) in [4.78, 5) is 0. The van der Waals surface area contributed by atoms with Gasteiger partial charge in [-0.1, -0.05) is 12.5 Å². The Kier molecular flexibility index (Phi) is 2.77. The summed E-state index contributed by atoms with van der Waals surface area (Å²) in [5.41, 5.74) is 0.589. The van der Waals surface area contributed by atoms with E-state index in [0.29, 0.717) is 5.56 Å². The molecule has 1 N–H and O–H groups in total. The first-order valence-corrected chi connectivity index (χ1v) is 4.96. The van der Waals surface area contributed by atoms with E-state index in [1.165, 1.54) is 12.1 Å². The Balaban J connectivity index is 2.22. The Morgan fingerprint density at radius 3 is 2.71 bits per heavy atom. The van der Waals surface area contributed by atoms with Crippen molar-refractivity contribution in [3.8, 4) is 0 Å². The van der Waals surface area contributed by atoms with Crippen LogP contribution in [0.2, 0.25) is 0 Å². The predicted molar refractivity (Wildman–Crippen MR) is 51.0 cm³/mol. The van der Waals surface area contributed by atoms with Gasteiger partial charge in [0, 0.05) is 17.7 Å². The van der Waals surface area contributed by atoms with Gasteiger partial charge in [-0.15, -0.1) is 0 Å². The Bertz CT molecular complexity index is 319. The molecule has 76 valence electrons. The highest BCUT2D eigenvalue weighted by molar-refractivity contribution is 5.22. The van der Waals surface area contributed by atoms with Crippen molar-refractivity contribution in [1.82, 2.24) is 5.32 Å². The summed E-state index contributed by atoms with van der Waals surface area (Å²) < 4.78 is 26.0. The molecule has 1 heterocycles. The zero-order valence-corrected chi connectivity index (χ0v) is 7.89. The number of hydrogen-bond donors (Lipinski definition) is 1. The van der Waals surface area contributed by atoms with Crippen LogP contribution in [0.5, 0.6) is 0 Å². The molecule has 1 aromatic carbocycles. The van der Waals surface area contributed by atoms with Crippen LogP contribution in [0.25, 0.3) is 0 Å². The molecule has 3 heteroatoms. The average Bonchev–Trinajstić information content (AvgIpc) is 2.19. The highest BCUT2D eigenvalue weighted by Crippen LogP contribution is 2.25. The lowest BCUT2D eigenvalue weighted by atomic mass is 9.97. The molecular formula is C11H13F2N. The minimum absolute atomic E-state index is 0.0596. The molecule has 0 amide bonds. The van der Waals surface area contributed by atoms with E-state index >= 15 is 0 Å². The van der Waals surface area contributed by atoms with Crippen LogP contribution in [0.1, 0.15) is 30.9 Å². The van der Waals surface area contributed by atoms with Gasteiger partial charge in [-0.3, -0.25) is 0 Å². The van der Waals surface area contributed by atoms with E-state index in [1.807, 2.05) is 0 Å². The molecule has 0 aromatic heterocycles. The van der Waals surface area contributed by atoms with Crippen molar-refractivity contribution in [2.24, 2.45) is 0 Å². The second-order valence-corrected chi connectivity index (χ2v) is 3.67. The highest BCUT2D eigenvalue weighted by Gasteiger charge is 2.17. The summed E-state index contributed by atoms with van der Waals surface area (Å²) in [6.07, 6.45) is 3.18. The number of hydrogen-bond acceptors (Lipinski definition) is 1. The van der Waals surface area contributed by atoms with Crippen molar-refractivity contribution in [2.45, 2.75) is 25.3 Å². The molecule has 1 saturated heterocycles. The van der Waals surface area contributed by atoms with Gasteiger partial charge in [0.05, 0.1) is 0 Å². The molecule has 1 aliphatic rings. The molecular weight excluding hydrogens is 184 g/mol. The molecule has 0 saturated carbocycles. The van der Waals surface area contributed by atoms with Crippen LogP contribution in [0, 0.1) is 11.6 Å². The minimum atomic E-state index is -0.512. The third-order valence-electron chi connectivity index (χ3n) is 2.65. The van der Waals surface area contributed by atoms with E-state index in [4.69, 9.17) is 0 Å². The van der Waals surface area contributed by atoms with Gasteiger partial charge in [-0.25, -0.2) is 8.78 Å². The first-order chi connectivity index (χ1) is 6.77. The molecule has 1 aliphatic heterocycles. The fraction of sp³-hybridized carbons (Fsp3) is 0.455. The number of nitrogens with one attached hydrogen (secondary N) is 1. The third kappa shape index (κ3) is 1.93. The lowest BCUT2D eigenvalue weighted by Gasteiger charge is -2.24. The molecule has 1 fully saturated rings. The minimum Gasteiger partial charge on any atom is -0.310 e. The fourth-order valence-corrected chi connectivity index (χ4v) is 1.90. The maximum atomic E-state index is 13.4. The standard InChI is InChI=1S/C11H13F2N/c12-8-4-5-9(10(13)7-8)11-3-1-2-6-14-11/h4-5,7,11,14H,1-3,6H2/t11-/m0/s1. The lowest BCUT2D eigenvalue weighted by Crippen LogP contribution is -2.27. The van der Waals surface area contributed by atoms with E-state index in [0.717, 1.165) is 31.9 Å². The van der Waals surface area contributed by atoms with E-state index in [1.54, 1.807) is 0 Å². The molecule has 0 unspecified atom stereocenters. The van der Waals surface area contributed by atoms with Crippen LogP contribution in [-0.2, 0) is 0 Å². The van der Waals surface area contributed by atoms with E-state index < -0.39 is 11.6 Å². The van der Waals surface area contributed by atoms with E-state index in [2.05, 4.69) is 5.32 Å². The number of benzene rings is 1. The van der Waals surface area contributed by atoms with E-state index in [9.17, 15) is 8.78 Å². The van der Waals surface area contributed by atoms with Crippen molar-refractivity contribution in [3.63, 3.8) is 0 Å². The summed E-state index contributed by atoms with van der Waals surface area (Å²) in [7, 11) is 0. The second-order valence-electron chi connectivity index (χ2n) is 3.67. The third-order valence-corrected chi connectivity index (χ3v) is 2.65.